The van der Waals surface area contributed by atoms with Gasteiger partial charge >= 0.3 is 0 Å². The van der Waals surface area contributed by atoms with Gasteiger partial charge in [0.05, 0.1) is 0 Å². The van der Waals surface area contributed by atoms with Crippen LogP contribution in [0.3, 0.4) is 0 Å². The summed E-state index contributed by atoms with van der Waals surface area (Å²) in [6.07, 6.45) is 0. The highest BCUT2D eigenvalue weighted by Gasteiger charge is 1.70. The lowest BCUT2D eigenvalue weighted by Gasteiger charge is -1.77. The van der Waals surface area contributed by atoms with Crippen molar-refractivity contribution in [2.45, 2.75) is 0 Å². The molecule has 0 aliphatic heterocycles. The molecule has 0 aliphatic carbocycles. The van der Waals surface area contributed by atoms with Gasteiger partial charge in [-0.25, -0.2) is 0 Å². The summed E-state index contributed by atoms with van der Waals surface area (Å²) in [6.45, 7) is 3.99. The number of hydrogen-bond donors (Lipinski definition) is 0. The molecule has 0 aromatic heterocycles. The van der Waals surface area contributed by atoms with Gasteiger partial charge in [-0.15, -0.1) is 0 Å². The standard InChI is InChI=1S/C2H6ClP/c1-4(2)3/h1-2H3. The van der Waals surface area contributed by atoms with Crippen LogP contribution in [-0.4, -0.2) is 13.3 Å². The average Bonchev–Trinajstić information content (AvgIpc) is 0.811. The maximum Gasteiger partial charge on any atom is -0.0161 e. The van der Waals surface area contributed by atoms with E-state index in [-0.39, 0.29) is 7.27 Å². The van der Waals surface area contributed by atoms with Gasteiger partial charge in [-0.1, -0.05) is 11.2 Å². The fraction of sp³-hybridized carbons (Fsp3) is 1.00. The number of halogens is 1. The third-order valence-electron chi connectivity index (χ3n) is 0. The largest absolute Gasteiger partial charge is 0.0970 e. The van der Waals surface area contributed by atoms with E-state index in [2.05, 4.69) is 0 Å². The predicted octanol–water partition coefficient (Wildman–Crippen LogP) is 1.88. The molecule has 0 spiro atoms. The average molecular weight is 96.5 g/mol. The van der Waals surface area contributed by atoms with E-state index < -0.39 is 0 Å². The predicted molar refractivity (Wildman–Crippen MR) is 24.6 cm³/mol. The van der Waals surface area contributed by atoms with E-state index in [1.165, 1.54) is 0 Å². The molecule has 2 heteroatoms. The fourth-order valence-corrected chi connectivity index (χ4v) is 0. The van der Waals surface area contributed by atoms with Crippen molar-refractivity contribution in [3.8, 4) is 0 Å². The lowest BCUT2D eigenvalue weighted by atomic mass is 11.9. The molecule has 0 saturated carbocycles. The maximum absolute atomic E-state index is 5.34. The lowest BCUT2D eigenvalue weighted by Crippen LogP contribution is -1.36. The van der Waals surface area contributed by atoms with Crippen molar-refractivity contribution in [3.05, 3.63) is 0 Å². The molecule has 0 bridgehead atoms. The molecule has 0 rings (SSSR count). The van der Waals surface area contributed by atoms with Crippen LogP contribution in [0, 0.1) is 0 Å². The third kappa shape index (κ3) is 15.5. The Labute approximate surface area is 32.7 Å². The van der Waals surface area contributed by atoms with E-state index in [4.69, 9.17) is 11.2 Å². The lowest BCUT2D eigenvalue weighted by molar-refractivity contribution is 2.29. The minimum Gasteiger partial charge on any atom is -0.0970 e. The first-order valence-electron chi connectivity index (χ1n) is 1.06. The molecule has 0 N–H and O–H groups in total. The zero-order valence-electron chi connectivity index (χ0n) is 2.83. The van der Waals surface area contributed by atoms with Crippen molar-refractivity contribution < 1.29 is 0 Å². The summed E-state index contributed by atoms with van der Waals surface area (Å²) in [4.78, 5) is 0. The van der Waals surface area contributed by atoms with Crippen molar-refractivity contribution in [2.24, 2.45) is 0 Å². The summed E-state index contributed by atoms with van der Waals surface area (Å²) in [5, 5.41) is 0. The Balaban J connectivity index is 2.32. The molecule has 4 heavy (non-hydrogen) atoms. The van der Waals surface area contributed by atoms with E-state index in [1.54, 1.807) is 0 Å². The van der Waals surface area contributed by atoms with Crippen LogP contribution in [0.1, 0.15) is 0 Å². The highest BCUT2D eigenvalue weighted by atomic mass is 35.7. The highest BCUT2D eigenvalue weighted by molar-refractivity contribution is 7.82. The zero-order chi connectivity index (χ0) is 3.58. The minimum absolute atomic E-state index is 0.148. The molecule has 0 aromatic carbocycles. The van der Waals surface area contributed by atoms with E-state index in [9.17, 15) is 0 Å². The van der Waals surface area contributed by atoms with Crippen molar-refractivity contribution >= 4 is 18.5 Å². The Morgan fingerprint density at radius 3 is 1.50 bits per heavy atom. The Hall–Kier alpha value is 0.720. The van der Waals surface area contributed by atoms with Crippen molar-refractivity contribution in [1.29, 1.82) is 0 Å². The number of hydrogen-bond acceptors (Lipinski definition) is 0. The maximum atomic E-state index is 5.34. The van der Waals surface area contributed by atoms with Crippen molar-refractivity contribution in [3.63, 3.8) is 0 Å². The van der Waals surface area contributed by atoms with Crippen LogP contribution in [0.15, 0.2) is 0 Å². The SMILES string of the molecule is CP(C)Cl. The van der Waals surface area contributed by atoms with Gasteiger partial charge < -0.3 is 0 Å². The Bertz CT molecular complexity index is 10.8. The normalized spacial score (nSPS) is 9.00. The Morgan fingerprint density at radius 2 is 1.50 bits per heavy atom. The summed E-state index contributed by atoms with van der Waals surface area (Å²) in [7, 11) is -0.148. The molecule has 0 unspecified atom stereocenters. The minimum atomic E-state index is -0.148. The monoisotopic (exact) mass is 96.0 g/mol. The van der Waals surface area contributed by atoms with E-state index >= 15 is 0 Å². The van der Waals surface area contributed by atoms with Crippen LogP contribution in [0.2, 0.25) is 0 Å². The Kier molecular flexibility index (Phi) is 2.35. The van der Waals surface area contributed by atoms with E-state index in [1.807, 2.05) is 13.3 Å². The molecular formula is C2H6ClP. The molecule has 26 valence electrons. The topological polar surface area (TPSA) is 0 Å². The van der Waals surface area contributed by atoms with Gasteiger partial charge in [0.25, 0.3) is 0 Å². The summed E-state index contributed by atoms with van der Waals surface area (Å²) >= 11 is 5.34. The van der Waals surface area contributed by atoms with E-state index in [0.29, 0.717) is 0 Å². The van der Waals surface area contributed by atoms with Crippen molar-refractivity contribution in [2.75, 3.05) is 13.3 Å². The zero-order valence-corrected chi connectivity index (χ0v) is 4.48. The smallest absolute Gasteiger partial charge is 0.0161 e. The summed E-state index contributed by atoms with van der Waals surface area (Å²) < 4.78 is 0. The van der Waals surface area contributed by atoms with Gasteiger partial charge in [-0.2, -0.15) is 0 Å². The van der Waals surface area contributed by atoms with Crippen molar-refractivity contribution in [1.82, 2.24) is 0 Å². The first-order chi connectivity index (χ1) is 1.73. The van der Waals surface area contributed by atoms with Gasteiger partial charge in [0, 0.05) is 0 Å². The van der Waals surface area contributed by atoms with Crippen LogP contribution < -0.4 is 0 Å². The van der Waals surface area contributed by atoms with Gasteiger partial charge in [0.15, 0.2) is 0 Å². The molecule has 0 nitrogen and oxygen atoms in total. The molecule has 0 saturated heterocycles. The molecular weight excluding hydrogens is 90.4 g/mol. The quantitative estimate of drug-likeness (QED) is 0.404. The highest BCUT2D eigenvalue weighted by Crippen LogP contribution is 2.29. The van der Waals surface area contributed by atoms with Gasteiger partial charge in [0.2, 0.25) is 0 Å². The van der Waals surface area contributed by atoms with Crippen LogP contribution in [0.25, 0.3) is 0 Å². The molecule has 0 amide bonds. The first-order valence-corrected chi connectivity index (χ1v) is 4.20. The van der Waals surface area contributed by atoms with Crippen LogP contribution in [0.4, 0.5) is 0 Å². The molecule has 0 aromatic rings. The molecule has 0 aliphatic rings. The second-order valence-electron chi connectivity index (χ2n) is 0.785. The van der Waals surface area contributed by atoms with Gasteiger partial charge in [-0.3, -0.25) is 0 Å². The Morgan fingerprint density at radius 1 is 1.50 bits per heavy atom. The third-order valence-corrected chi connectivity index (χ3v) is 0. The molecule has 0 radical (unpaired) electrons. The second kappa shape index (κ2) is 1.99. The van der Waals surface area contributed by atoms with Crippen LogP contribution >= 0.6 is 18.5 Å². The molecule has 0 atom stereocenters. The second-order valence-corrected chi connectivity index (χ2v) is 4.38. The van der Waals surface area contributed by atoms with E-state index in [0.717, 1.165) is 0 Å². The number of rotatable bonds is 0. The summed E-state index contributed by atoms with van der Waals surface area (Å²) in [6, 6.07) is 0. The summed E-state index contributed by atoms with van der Waals surface area (Å²) in [5.74, 6) is 0. The molecule has 0 fully saturated rings. The van der Waals surface area contributed by atoms with Crippen LogP contribution in [-0.2, 0) is 0 Å². The summed E-state index contributed by atoms with van der Waals surface area (Å²) in [5.41, 5.74) is 0. The molecule has 0 heterocycles. The van der Waals surface area contributed by atoms with Crippen LogP contribution in [0.5, 0.6) is 0 Å². The fourth-order valence-electron chi connectivity index (χ4n) is 0. The first kappa shape index (κ1) is 4.72. The van der Waals surface area contributed by atoms with Gasteiger partial charge in [-0.05, 0) is 20.6 Å². The van der Waals surface area contributed by atoms with Gasteiger partial charge in [0.1, 0.15) is 0 Å².